The molecule has 0 fully saturated rings. The molecule has 1 heterocycles. The lowest BCUT2D eigenvalue weighted by molar-refractivity contribution is 0.0696. The van der Waals surface area contributed by atoms with Crippen LogP contribution in [-0.4, -0.2) is 17.0 Å². The van der Waals surface area contributed by atoms with Gasteiger partial charge < -0.3 is 14.8 Å². The average molecular weight is 287 g/mol. The molecule has 2 N–H and O–H groups in total. The molecule has 0 spiro atoms. The van der Waals surface area contributed by atoms with Gasteiger partial charge >= 0.3 is 5.97 Å². The number of aromatic carboxylic acids is 1. The molecule has 1 aromatic heterocycles. The first-order valence-corrected chi connectivity index (χ1v) is 6.63. The van der Waals surface area contributed by atoms with Gasteiger partial charge in [-0.3, -0.25) is 4.79 Å². The molecule has 0 aliphatic carbocycles. The van der Waals surface area contributed by atoms with Crippen LogP contribution in [0.2, 0.25) is 0 Å². The number of carboxylic acids is 1. The van der Waals surface area contributed by atoms with Gasteiger partial charge in [-0.15, -0.1) is 0 Å². The molecule has 1 aromatic carbocycles. The molecule has 0 aliphatic rings. The number of carboxylic acid groups (broad SMARTS) is 1. The molecule has 5 heteroatoms. The summed E-state index contributed by atoms with van der Waals surface area (Å²) in [6, 6.07) is 7.83. The fourth-order valence-corrected chi connectivity index (χ4v) is 1.94. The Labute approximate surface area is 122 Å². The first-order valence-electron chi connectivity index (χ1n) is 6.63. The Hall–Kier alpha value is -2.56. The minimum atomic E-state index is -1.03. The molecule has 0 atom stereocenters. The third-order valence-corrected chi connectivity index (χ3v) is 3.12. The van der Waals surface area contributed by atoms with E-state index in [1.807, 2.05) is 13.8 Å². The van der Waals surface area contributed by atoms with Gasteiger partial charge in [0.25, 0.3) is 5.91 Å². The summed E-state index contributed by atoms with van der Waals surface area (Å²) in [6.45, 7) is 5.70. The molecule has 1 amide bonds. The van der Waals surface area contributed by atoms with E-state index in [0.717, 1.165) is 5.76 Å². The predicted octanol–water partition coefficient (Wildman–Crippen LogP) is 3.66. The number of benzene rings is 1. The Bertz CT molecular complexity index is 685. The number of aryl methyl sites for hydroxylation is 1. The zero-order valence-corrected chi connectivity index (χ0v) is 12.1. The van der Waals surface area contributed by atoms with E-state index < -0.39 is 5.97 Å². The van der Waals surface area contributed by atoms with Crippen LogP contribution < -0.4 is 5.32 Å². The zero-order chi connectivity index (χ0) is 15.6. The second-order valence-electron chi connectivity index (χ2n) is 5.11. The van der Waals surface area contributed by atoms with Gasteiger partial charge in [-0.25, -0.2) is 4.79 Å². The van der Waals surface area contributed by atoms with E-state index in [-0.39, 0.29) is 17.4 Å². The van der Waals surface area contributed by atoms with E-state index in [0.29, 0.717) is 17.0 Å². The molecule has 2 rings (SSSR count). The monoisotopic (exact) mass is 287 g/mol. The summed E-state index contributed by atoms with van der Waals surface area (Å²) in [7, 11) is 0. The number of hydrogen-bond donors (Lipinski definition) is 2. The quantitative estimate of drug-likeness (QED) is 0.899. The van der Waals surface area contributed by atoms with E-state index in [4.69, 9.17) is 9.52 Å². The van der Waals surface area contributed by atoms with Gasteiger partial charge in [0.1, 0.15) is 11.5 Å². The highest BCUT2D eigenvalue weighted by Gasteiger charge is 2.17. The van der Waals surface area contributed by atoms with E-state index in [9.17, 15) is 9.59 Å². The molecule has 5 nitrogen and oxygen atoms in total. The van der Waals surface area contributed by atoms with Crippen molar-refractivity contribution in [1.82, 2.24) is 0 Å². The van der Waals surface area contributed by atoms with Crippen molar-refractivity contribution in [3.05, 3.63) is 53.0 Å². The van der Waals surface area contributed by atoms with Crippen molar-refractivity contribution in [2.45, 2.75) is 26.7 Å². The SMILES string of the molecule is Cc1oc(C(C)C)cc1C(=O)Nc1cccc(C(=O)O)c1. The lowest BCUT2D eigenvalue weighted by atomic mass is 10.1. The first kappa shape index (κ1) is 14.8. The predicted molar refractivity (Wildman–Crippen MR) is 78.9 cm³/mol. The van der Waals surface area contributed by atoms with Crippen LogP contribution in [0.5, 0.6) is 0 Å². The molecule has 0 saturated carbocycles. The fourth-order valence-electron chi connectivity index (χ4n) is 1.94. The van der Waals surface area contributed by atoms with Crippen molar-refractivity contribution in [3.63, 3.8) is 0 Å². The standard InChI is InChI=1S/C16H17NO4/c1-9(2)14-8-13(10(3)21-14)15(18)17-12-6-4-5-11(7-12)16(19)20/h4-9H,1-3H3,(H,17,18)(H,19,20). The van der Waals surface area contributed by atoms with E-state index in [1.165, 1.54) is 12.1 Å². The highest BCUT2D eigenvalue weighted by atomic mass is 16.4. The Kier molecular flexibility index (Phi) is 4.12. The van der Waals surface area contributed by atoms with Crippen molar-refractivity contribution in [1.29, 1.82) is 0 Å². The van der Waals surface area contributed by atoms with Crippen LogP contribution in [0.1, 0.15) is 52.0 Å². The minimum Gasteiger partial charge on any atom is -0.478 e. The highest BCUT2D eigenvalue weighted by Crippen LogP contribution is 2.22. The van der Waals surface area contributed by atoms with Gasteiger partial charge in [-0.2, -0.15) is 0 Å². The summed E-state index contributed by atoms with van der Waals surface area (Å²) in [4.78, 5) is 23.1. The number of carbonyl (C=O) groups is 2. The van der Waals surface area contributed by atoms with Crippen molar-refractivity contribution >= 4 is 17.6 Å². The van der Waals surface area contributed by atoms with Crippen molar-refractivity contribution in [2.75, 3.05) is 5.32 Å². The number of rotatable bonds is 4. The summed E-state index contributed by atoms with van der Waals surface area (Å²) in [5, 5.41) is 11.6. The maximum atomic E-state index is 12.2. The molecule has 110 valence electrons. The van der Waals surface area contributed by atoms with Crippen molar-refractivity contribution in [2.24, 2.45) is 0 Å². The van der Waals surface area contributed by atoms with Gasteiger partial charge in [0.2, 0.25) is 0 Å². The topological polar surface area (TPSA) is 79.5 Å². The third kappa shape index (κ3) is 3.31. The van der Waals surface area contributed by atoms with Crippen LogP contribution in [0, 0.1) is 6.92 Å². The number of nitrogens with one attached hydrogen (secondary N) is 1. The van der Waals surface area contributed by atoms with Crippen LogP contribution >= 0.6 is 0 Å². The summed E-state index contributed by atoms with van der Waals surface area (Å²) in [5.41, 5.74) is 1.02. The number of hydrogen-bond acceptors (Lipinski definition) is 3. The third-order valence-electron chi connectivity index (χ3n) is 3.12. The van der Waals surface area contributed by atoms with Crippen LogP contribution in [-0.2, 0) is 0 Å². The summed E-state index contributed by atoms with van der Waals surface area (Å²) in [6.07, 6.45) is 0. The highest BCUT2D eigenvalue weighted by molar-refractivity contribution is 6.05. The zero-order valence-electron chi connectivity index (χ0n) is 12.1. The Morgan fingerprint density at radius 3 is 2.52 bits per heavy atom. The van der Waals surface area contributed by atoms with E-state index in [1.54, 1.807) is 25.1 Å². The molecule has 0 aliphatic heterocycles. The summed E-state index contributed by atoms with van der Waals surface area (Å²) >= 11 is 0. The summed E-state index contributed by atoms with van der Waals surface area (Å²) in [5.74, 6) is 0.140. The van der Waals surface area contributed by atoms with Crippen molar-refractivity contribution < 1.29 is 19.1 Å². The number of carbonyl (C=O) groups excluding carboxylic acids is 1. The van der Waals surface area contributed by atoms with Crippen molar-refractivity contribution in [3.8, 4) is 0 Å². The maximum Gasteiger partial charge on any atom is 0.335 e. The molecule has 0 unspecified atom stereocenters. The van der Waals surface area contributed by atoms with Crippen LogP contribution in [0.4, 0.5) is 5.69 Å². The van der Waals surface area contributed by atoms with Gasteiger partial charge in [0.15, 0.2) is 0 Å². The van der Waals surface area contributed by atoms with Crippen LogP contribution in [0.25, 0.3) is 0 Å². The lowest BCUT2D eigenvalue weighted by Crippen LogP contribution is -2.12. The second kappa shape index (κ2) is 5.83. The van der Waals surface area contributed by atoms with Gasteiger partial charge in [-0.1, -0.05) is 19.9 Å². The minimum absolute atomic E-state index is 0.125. The molecule has 0 bridgehead atoms. The normalized spacial score (nSPS) is 10.7. The van der Waals surface area contributed by atoms with E-state index in [2.05, 4.69) is 5.32 Å². The molecule has 2 aromatic rings. The van der Waals surface area contributed by atoms with E-state index >= 15 is 0 Å². The maximum absolute atomic E-state index is 12.2. The number of anilines is 1. The molecular formula is C16H17NO4. The first-order chi connectivity index (χ1) is 9.88. The van der Waals surface area contributed by atoms with Gasteiger partial charge in [0.05, 0.1) is 11.1 Å². The average Bonchev–Trinajstić information content (AvgIpc) is 2.81. The Morgan fingerprint density at radius 1 is 1.24 bits per heavy atom. The Balaban J connectivity index is 2.22. The molecule has 0 saturated heterocycles. The van der Waals surface area contributed by atoms with Crippen LogP contribution in [0.3, 0.4) is 0 Å². The summed E-state index contributed by atoms with van der Waals surface area (Å²) < 4.78 is 5.54. The second-order valence-corrected chi connectivity index (χ2v) is 5.11. The molecule has 21 heavy (non-hydrogen) atoms. The fraction of sp³-hybridized carbons (Fsp3) is 0.250. The largest absolute Gasteiger partial charge is 0.478 e. The number of amides is 1. The lowest BCUT2D eigenvalue weighted by Gasteiger charge is -2.05. The Morgan fingerprint density at radius 2 is 1.95 bits per heavy atom. The number of furan rings is 1. The molecule has 0 radical (unpaired) electrons. The molecular weight excluding hydrogens is 270 g/mol. The van der Waals surface area contributed by atoms with Crippen LogP contribution in [0.15, 0.2) is 34.7 Å². The smallest absolute Gasteiger partial charge is 0.335 e. The van der Waals surface area contributed by atoms with Gasteiger partial charge in [-0.05, 0) is 31.2 Å². The van der Waals surface area contributed by atoms with Gasteiger partial charge in [0, 0.05) is 11.6 Å².